The second-order valence-corrected chi connectivity index (χ2v) is 5.74. The number of ether oxygens (including phenoxy) is 2. The minimum Gasteiger partial charge on any atom is -0.496 e. The van der Waals surface area contributed by atoms with Gasteiger partial charge in [0.05, 0.1) is 13.5 Å². The largest absolute Gasteiger partial charge is 0.496 e. The molecule has 134 valence electrons. The van der Waals surface area contributed by atoms with Crippen LogP contribution in [0.4, 0.5) is 4.39 Å². The number of benzene rings is 2. The smallest absolute Gasteiger partial charge is 0.326 e. The lowest BCUT2D eigenvalue weighted by Gasteiger charge is -2.25. The van der Waals surface area contributed by atoms with Gasteiger partial charge in [-0.15, -0.1) is 0 Å². The highest BCUT2D eigenvalue weighted by Gasteiger charge is 2.32. The van der Waals surface area contributed by atoms with E-state index in [2.05, 4.69) is 0 Å². The third-order valence-electron chi connectivity index (χ3n) is 4.05. The Kier molecular flexibility index (Phi) is 4.97. The predicted octanol–water partition coefficient (Wildman–Crippen LogP) is 2.10. The van der Waals surface area contributed by atoms with Crippen molar-refractivity contribution in [3.8, 4) is 5.75 Å². The summed E-state index contributed by atoms with van der Waals surface area (Å²) in [6.07, 6.45) is 0.0485. The van der Waals surface area contributed by atoms with Crippen molar-refractivity contribution in [3.63, 3.8) is 0 Å². The van der Waals surface area contributed by atoms with Crippen LogP contribution < -0.4 is 4.74 Å². The van der Waals surface area contributed by atoms with E-state index in [9.17, 15) is 18.8 Å². The Hall–Kier alpha value is -3.22. The Balaban J connectivity index is 1.66. The van der Waals surface area contributed by atoms with Gasteiger partial charge in [0.2, 0.25) is 5.91 Å². The summed E-state index contributed by atoms with van der Waals surface area (Å²) >= 11 is 0. The molecule has 2 aromatic carbocycles. The molecule has 0 atom stereocenters. The number of imide groups is 1. The van der Waals surface area contributed by atoms with Crippen molar-refractivity contribution in [2.24, 2.45) is 0 Å². The number of carbonyl (C=O) groups excluding carboxylic acids is 3. The van der Waals surface area contributed by atoms with Crippen molar-refractivity contribution in [1.82, 2.24) is 4.90 Å². The summed E-state index contributed by atoms with van der Waals surface area (Å²) in [6.45, 7) is -0.726. The van der Waals surface area contributed by atoms with Crippen LogP contribution in [0.25, 0.3) is 0 Å². The van der Waals surface area contributed by atoms with Gasteiger partial charge >= 0.3 is 5.97 Å². The fourth-order valence-corrected chi connectivity index (χ4v) is 2.75. The molecule has 0 fully saturated rings. The maximum absolute atomic E-state index is 13.3. The number of rotatable bonds is 5. The highest BCUT2D eigenvalue weighted by molar-refractivity contribution is 6.11. The minimum atomic E-state index is -0.766. The normalized spacial score (nSPS) is 13.4. The third-order valence-corrected chi connectivity index (χ3v) is 4.05. The third kappa shape index (κ3) is 3.56. The van der Waals surface area contributed by atoms with E-state index in [-0.39, 0.29) is 13.0 Å². The lowest BCUT2D eigenvalue weighted by Crippen LogP contribution is -2.45. The molecule has 0 aliphatic carbocycles. The van der Waals surface area contributed by atoms with E-state index in [0.29, 0.717) is 22.4 Å². The lowest BCUT2D eigenvalue weighted by atomic mass is 9.98. The van der Waals surface area contributed by atoms with Crippen LogP contribution in [0.1, 0.15) is 21.5 Å². The molecule has 1 heterocycles. The molecule has 1 aliphatic heterocycles. The molecule has 2 amide bonds. The summed E-state index contributed by atoms with van der Waals surface area (Å²) < 4.78 is 23.5. The topological polar surface area (TPSA) is 72.9 Å². The van der Waals surface area contributed by atoms with Gasteiger partial charge in [-0.3, -0.25) is 19.3 Å². The summed E-state index contributed by atoms with van der Waals surface area (Å²) in [5, 5.41) is 0. The number of carbonyl (C=O) groups is 3. The van der Waals surface area contributed by atoms with Gasteiger partial charge in [-0.05, 0) is 29.8 Å². The lowest BCUT2D eigenvalue weighted by molar-refractivity contribution is -0.149. The van der Waals surface area contributed by atoms with Crippen molar-refractivity contribution < 1.29 is 28.2 Å². The zero-order valence-corrected chi connectivity index (χ0v) is 14.0. The van der Waals surface area contributed by atoms with Crippen molar-refractivity contribution >= 4 is 17.8 Å². The molecule has 0 aromatic heterocycles. The number of esters is 1. The van der Waals surface area contributed by atoms with Crippen LogP contribution in [0.2, 0.25) is 0 Å². The van der Waals surface area contributed by atoms with Crippen LogP contribution in [-0.2, 0) is 27.4 Å². The average molecular weight is 357 g/mol. The van der Waals surface area contributed by atoms with E-state index in [1.807, 2.05) is 0 Å². The molecule has 3 rings (SSSR count). The second kappa shape index (κ2) is 7.35. The molecule has 26 heavy (non-hydrogen) atoms. The Bertz CT molecular complexity index is 880. The molecular formula is C19H16FNO5. The number of hydrogen-bond acceptors (Lipinski definition) is 5. The van der Waals surface area contributed by atoms with Crippen molar-refractivity contribution in [2.75, 3.05) is 13.7 Å². The number of halogens is 1. The molecule has 6 nitrogen and oxygen atoms in total. The molecule has 0 unspecified atom stereocenters. The van der Waals surface area contributed by atoms with Gasteiger partial charge in [0.25, 0.3) is 5.91 Å². The zero-order chi connectivity index (χ0) is 18.7. The van der Waals surface area contributed by atoms with Gasteiger partial charge in [0.1, 0.15) is 24.7 Å². The first kappa shape index (κ1) is 17.6. The Morgan fingerprint density at radius 1 is 1.19 bits per heavy atom. The SMILES string of the molecule is COc1ccc(F)cc1COC(=O)CN1C(=O)Cc2ccccc2C1=O. The zero-order valence-electron chi connectivity index (χ0n) is 14.0. The van der Waals surface area contributed by atoms with Crippen LogP contribution in [0.15, 0.2) is 42.5 Å². The predicted molar refractivity (Wildman–Crippen MR) is 88.9 cm³/mol. The van der Waals surface area contributed by atoms with E-state index in [1.165, 1.54) is 25.3 Å². The molecule has 1 aliphatic rings. The second-order valence-electron chi connectivity index (χ2n) is 5.74. The molecule has 2 aromatic rings. The van der Waals surface area contributed by atoms with Crippen molar-refractivity contribution in [3.05, 3.63) is 65.0 Å². The molecule has 0 saturated carbocycles. The van der Waals surface area contributed by atoms with Crippen LogP contribution in [0.3, 0.4) is 0 Å². The number of fused-ring (bicyclic) bond motifs is 1. The molecule has 0 saturated heterocycles. The Morgan fingerprint density at radius 3 is 2.73 bits per heavy atom. The van der Waals surface area contributed by atoms with E-state index >= 15 is 0 Å². The van der Waals surface area contributed by atoms with Crippen molar-refractivity contribution in [1.29, 1.82) is 0 Å². The standard InChI is InChI=1S/C19H16FNO5/c1-25-16-7-6-14(20)8-13(16)11-26-18(23)10-21-17(22)9-12-4-2-3-5-15(12)19(21)24/h2-8H,9-11H2,1H3. The summed E-state index contributed by atoms with van der Waals surface area (Å²) in [6, 6.07) is 10.6. The van der Waals surface area contributed by atoms with Crippen LogP contribution in [0, 0.1) is 5.82 Å². The van der Waals surface area contributed by atoms with E-state index in [4.69, 9.17) is 9.47 Å². The van der Waals surface area contributed by atoms with E-state index < -0.39 is 30.1 Å². The quantitative estimate of drug-likeness (QED) is 0.605. The van der Waals surface area contributed by atoms with Crippen molar-refractivity contribution in [2.45, 2.75) is 13.0 Å². The van der Waals surface area contributed by atoms with Gasteiger partial charge in [0.15, 0.2) is 0 Å². The molecule has 0 spiro atoms. The molecule has 0 radical (unpaired) electrons. The first-order valence-corrected chi connectivity index (χ1v) is 7.90. The van der Waals surface area contributed by atoms with Crippen LogP contribution >= 0.6 is 0 Å². The van der Waals surface area contributed by atoms with Gasteiger partial charge in [-0.2, -0.15) is 0 Å². The number of nitrogens with zero attached hydrogens (tertiary/aromatic N) is 1. The number of amides is 2. The number of methoxy groups -OCH3 is 1. The Morgan fingerprint density at radius 2 is 1.96 bits per heavy atom. The average Bonchev–Trinajstić information content (AvgIpc) is 2.63. The maximum Gasteiger partial charge on any atom is 0.326 e. The summed E-state index contributed by atoms with van der Waals surface area (Å²) in [7, 11) is 1.42. The molecular weight excluding hydrogens is 341 g/mol. The first-order valence-electron chi connectivity index (χ1n) is 7.90. The fraction of sp³-hybridized carbons (Fsp3) is 0.211. The minimum absolute atomic E-state index is 0.0485. The van der Waals surface area contributed by atoms with Gasteiger partial charge < -0.3 is 9.47 Å². The first-order chi connectivity index (χ1) is 12.5. The van der Waals surface area contributed by atoms with E-state index in [1.54, 1.807) is 24.3 Å². The van der Waals surface area contributed by atoms with Gasteiger partial charge in [-0.1, -0.05) is 18.2 Å². The fourth-order valence-electron chi connectivity index (χ4n) is 2.75. The Labute approximate surface area is 149 Å². The van der Waals surface area contributed by atoms with Crippen LogP contribution in [-0.4, -0.2) is 36.3 Å². The summed E-state index contributed by atoms with van der Waals surface area (Å²) in [5.41, 5.74) is 1.38. The van der Waals surface area contributed by atoms with Gasteiger partial charge in [-0.25, -0.2) is 4.39 Å². The highest BCUT2D eigenvalue weighted by atomic mass is 19.1. The maximum atomic E-state index is 13.3. The number of hydrogen-bond donors (Lipinski definition) is 0. The molecule has 0 bridgehead atoms. The van der Waals surface area contributed by atoms with Crippen LogP contribution in [0.5, 0.6) is 5.75 Å². The van der Waals surface area contributed by atoms with Gasteiger partial charge in [0, 0.05) is 11.1 Å². The summed E-state index contributed by atoms with van der Waals surface area (Å²) in [4.78, 5) is 37.5. The highest BCUT2D eigenvalue weighted by Crippen LogP contribution is 2.21. The molecule has 7 heteroatoms. The summed E-state index contributed by atoms with van der Waals surface area (Å²) in [5.74, 6) is -1.88. The van der Waals surface area contributed by atoms with E-state index in [0.717, 1.165) is 4.90 Å². The molecule has 0 N–H and O–H groups in total. The monoisotopic (exact) mass is 357 g/mol.